The van der Waals surface area contributed by atoms with Gasteiger partial charge in [-0.3, -0.25) is 9.59 Å². The van der Waals surface area contributed by atoms with Crippen LogP contribution in [0.5, 0.6) is 0 Å². The number of aliphatic carboxylic acids is 2. The molecule has 1 saturated carbocycles. The molecule has 1 fully saturated rings. The molecule has 6 heteroatoms. The van der Waals surface area contributed by atoms with Crippen LogP contribution in [0.25, 0.3) is 0 Å². The number of hydrogen-bond donors (Lipinski definition) is 3. The Kier molecular flexibility index (Phi) is 3.31. The molecule has 0 aromatic carbocycles. The van der Waals surface area contributed by atoms with E-state index in [-0.39, 0.29) is 19.4 Å². The summed E-state index contributed by atoms with van der Waals surface area (Å²) in [6.45, 7) is -0.364. The average molecular weight is 218 g/mol. The fourth-order valence-corrected chi connectivity index (χ4v) is 2.05. The van der Waals surface area contributed by atoms with E-state index < -0.39 is 29.4 Å². The first-order chi connectivity index (χ1) is 6.95. The second-order valence-electron chi connectivity index (χ2n) is 3.84. The molecule has 2 unspecified atom stereocenters. The molecule has 1 aliphatic carbocycles. The molecule has 3 N–H and O–H groups in total. The number of aliphatic hydroxyl groups excluding tert-OH is 1. The van der Waals surface area contributed by atoms with E-state index in [1.807, 2.05) is 0 Å². The summed E-state index contributed by atoms with van der Waals surface area (Å²) >= 11 is 0. The fraction of sp³-hybridized carbons (Fsp3) is 0.778. The van der Waals surface area contributed by atoms with E-state index >= 15 is 0 Å². The highest BCUT2D eigenvalue weighted by Crippen LogP contribution is 2.41. The van der Waals surface area contributed by atoms with Crippen LogP contribution in [0, 0.1) is 11.8 Å². The van der Waals surface area contributed by atoms with Crippen molar-refractivity contribution in [3.05, 3.63) is 0 Å². The highest BCUT2D eigenvalue weighted by Gasteiger charge is 2.51. The van der Waals surface area contributed by atoms with E-state index in [9.17, 15) is 9.59 Å². The Bertz CT molecular complexity index is 246. The van der Waals surface area contributed by atoms with Gasteiger partial charge in [0.05, 0.1) is 24.0 Å². The molecule has 15 heavy (non-hydrogen) atoms. The van der Waals surface area contributed by atoms with Crippen LogP contribution in [0.1, 0.15) is 12.8 Å². The van der Waals surface area contributed by atoms with Gasteiger partial charge >= 0.3 is 11.9 Å². The Morgan fingerprint density at radius 1 is 1.27 bits per heavy atom. The largest absolute Gasteiger partial charge is 0.481 e. The molecule has 0 heterocycles. The van der Waals surface area contributed by atoms with Crippen LogP contribution in [0.2, 0.25) is 0 Å². The standard InChI is InChI=1S/C9H14O6/c1-15-9(4-10)2-5(7(11)12)6(3-9)8(13)14/h5-6,10H,2-4H2,1H3,(H,11,12)(H,13,14). The number of carboxylic acid groups (broad SMARTS) is 2. The SMILES string of the molecule is COC1(CO)CC(C(=O)O)C(C(=O)O)C1. The fourth-order valence-electron chi connectivity index (χ4n) is 2.05. The normalized spacial score (nSPS) is 35.3. The van der Waals surface area contributed by atoms with Crippen LogP contribution in [0.15, 0.2) is 0 Å². The molecule has 1 rings (SSSR count). The zero-order chi connectivity index (χ0) is 11.6. The summed E-state index contributed by atoms with van der Waals surface area (Å²) in [6.07, 6.45) is 0.0681. The van der Waals surface area contributed by atoms with Crippen molar-refractivity contribution in [1.29, 1.82) is 0 Å². The first-order valence-electron chi connectivity index (χ1n) is 4.57. The topological polar surface area (TPSA) is 104 Å². The molecule has 2 atom stereocenters. The minimum atomic E-state index is -1.16. The molecule has 0 spiro atoms. The Balaban J connectivity index is 2.90. The van der Waals surface area contributed by atoms with Crippen molar-refractivity contribution in [2.24, 2.45) is 11.8 Å². The predicted molar refractivity (Wildman–Crippen MR) is 48.3 cm³/mol. The van der Waals surface area contributed by atoms with Gasteiger partial charge in [0, 0.05) is 7.11 Å². The Hall–Kier alpha value is -1.14. The lowest BCUT2D eigenvalue weighted by Crippen LogP contribution is -2.33. The molecular weight excluding hydrogens is 204 g/mol. The zero-order valence-corrected chi connectivity index (χ0v) is 8.34. The minimum absolute atomic E-state index is 0.0340. The van der Waals surface area contributed by atoms with Crippen LogP contribution in [-0.2, 0) is 14.3 Å². The summed E-state index contributed by atoms with van der Waals surface area (Å²) in [5.41, 5.74) is -1.02. The van der Waals surface area contributed by atoms with Crippen molar-refractivity contribution in [3.8, 4) is 0 Å². The van der Waals surface area contributed by atoms with E-state index in [0.717, 1.165) is 0 Å². The first kappa shape index (κ1) is 11.9. The van der Waals surface area contributed by atoms with Crippen molar-refractivity contribution in [2.45, 2.75) is 18.4 Å². The second-order valence-corrected chi connectivity index (χ2v) is 3.84. The number of methoxy groups -OCH3 is 1. The number of ether oxygens (including phenoxy) is 1. The molecule has 86 valence electrons. The predicted octanol–water partition coefficient (Wildman–Crippen LogP) is -0.441. The first-order valence-corrected chi connectivity index (χ1v) is 4.57. The third kappa shape index (κ3) is 2.10. The Morgan fingerprint density at radius 2 is 1.67 bits per heavy atom. The van der Waals surface area contributed by atoms with E-state index in [4.69, 9.17) is 20.1 Å². The monoisotopic (exact) mass is 218 g/mol. The molecule has 0 radical (unpaired) electrons. The van der Waals surface area contributed by atoms with E-state index in [2.05, 4.69) is 0 Å². The Morgan fingerprint density at radius 3 is 1.87 bits per heavy atom. The average Bonchev–Trinajstić information content (AvgIpc) is 2.58. The van der Waals surface area contributed by atoms with E-state index in [0.29, 0.717) is 0 Å². The van der Waals surface area contributed by atoms with Crippen LogP contribution in [-0.4, -0.2) is 46.6 Å². The maximum Gasteiger partial charge on any atom is 0.307 e. The number of carboxylic acids is 2. The quantitative estimate of drug-likeness (QED) is 0.591. The lowest BCUT2D eigenvalue weighted by atomic mass is 9.97. The van der Waals surface area contributed by atoms with Crippen molar-refractivity contribution in [1.82, 2.24) is 0 Å². The van der Waals surface area contributed by atoms with Gasteiger partial charge in [-0.05, 0) is 12.8 Å². The van der Waals surface area contributed by atoms with Crippen molar-refractivity contribution in [2.75, 3.05) is 13.7 Å². The van der Waals surface area contributed by atoms with Gasteiger partial charge in [-0.1, -0.05) is 0 Å². The van der Waals surface area contributed by atoms with Crippen LogP contribution in [0.3, 0.4) is 0 Å². The highest BCUT2D eigenvalue weighted by molar-refractivity contribution is 5.81. The number of carbonyl (C=O) groups is 2. The molecular formula is C9H14O6. The van der Waals surface area contributed by atoms with Crippen molar-refractivity contribution in [3.63, 3.8) is 0 Å². The summed E-state index contributed by atoms with van der Waals surface area (Å²) < 4.78 is 5.03. The van der Waals surface area contributed by atoms with Crippen LogP contribution in [0.4, 0.5) is 0 Å². The van der Waals surface area contributed by atoms with Gasteiger partial charge in [0.25, 0.3) is 0 Å². The smallest absolute Gasteiger partial charge is 0.307 e. The molecule has 0 saturated heterocycles. The molecule has 0 amide bonds. The van der Waals surface area contributed by atoms with Gasteiger partial charge in [0.15, 0.2) is 0 Å². The van der Waals surface area contributed by atoms with Crippen LogP contribution < -0.4 is 0 Å². The van der Waals surface area contributed by atoms with E-state index in [1.165, 1.54) is 7.11 Å². The van der Waals surface area contributed by atoms with Gasteiger partial charge in [0.1, 0.15) is 0 Å². The summed E-state index contributed by atoms with van der Waals surface area (Å²) in [7, 11) is 1.35. The van der Waals surface area contributed by atoms with E-state index in [1.54, 1.807) is 0 Å². The van der Waals surface area contributed by atoms with Gasteiger partial charge in [-0.25, -0.2) is 0 Å². The van der Waals surface area contributed by atoms with Crippen LogP contribution >= 0.6 is 0 Å². The van der Waals surface area contributed by atoms with Crippen molar-refractivity contribution < 1.29 is 29.6 Å². The van der Waals surface area contributed by atoms with Gasteiger partial charge in [0.2, 0.25) is 0 Å². The van der Waals surface area contributed by atoms with Gasteiger partial charge in [-0.2, -0.15) is 0 Å². The number of aliphatic hydroxyl groups is 1. The van der Waals surface area contributed by atoms with Gasteiger partial charge < -0.3 is 20.1 Å². The molecule has 0 aromatic rings. The highest BCUT2D eigenvalue weighted by atomic mass is 16.5. The van der Waals surface area contributed by atoms with Crippen molar-refractivity contribution >= 4 is 11.9 Å². The lowest BCUT2D eigenvalue weighted by Gasteiger charge is -2.24. The number of rotatable bonds is 4. The second kappa shape index (κ2) is 4.16. The lowest BCUT2D eigenvalue weighted by molar-refractivity contribution is -0.152. The maximum atomic E-state index is 10.8. The molecule has 6 nitrogen and oxygen atoms in total. The minimum Gasteiger partial charge on any atom is -0.481 e. The molecule has 0 aliphatic heterocycles. The summed E-state index contributed by atoms with van der Waals surface area (Å²) in [5, 5.41) is 26.8. The number of hydrogen-bond acceptors (Lipinski definition) is 4. The molecule has 1 aliphatic rings. The molecule has 0 aromatic heterocycles. The third-order valence-electron chi connectivity index (χ3n) is 3.03. The molecule has 0 bridgehead atoms. The summed E-state index contributed by atoms with van der Waals surface area (Å²) in [4.78, 5) is 21.7. The summed E-state index contributed by atoms with van der Waals surface area (Å²) in [6, 6.07) is 0. The zero-order valence-electron chi connectivity index (χ0n) is 8.34. The summed E-state index contributed by atoms with van der Waals surface area (Å²) in [5.74, 6) is -4.30. The maximum absolute atomic E-state index is 10.8. The third-order valence-corrected chi connectivity index (χ3v) is 3.03. The Labute approximate surface area is 86.5 Å². The van der Waals surface area contributed by atoms with Gasteiger partial charge in [-0.15, -0.1) is 0 Å².